The van der Waals surface area contributed by atoms with Crippen LogP contribution in [-0.4, -0.2) is 48.4 Å². The van der Waals surface area contributed by atoms with Crippen LogP contribution in [0, 0.1) is 5.92 Å². The number of amides is 1. The standard InChI is InChI=1S/C16H22N2O/c19-16(15-5-2-1-3-6-15)18-10-4-9-17(11-12-18)13-14-7-8-14/h1-3,5-6,14H,4,7-13H2. The third-order valence-electron chi connectivity index (χ3n) is 4.11. The lowest BCUT2D eigenvalue weighted by atomic mass is 10.2. The van der Waals surface area contributed by atoms with Crippen LogP contribution >= 0.6 is 0 Å². The second-order valence-electron chi connectivity index (χ2n) is 5.76. The Labute approximate surface area is 115 Å². The normalized spacial score (nSPS) is 21.2. The minimum Gasteiger partial charge on any atom is -0.337 e. The largest absolute Gasteiger partial charge is 0.337 e. The number of nitrogens with zero attached hydrogens (tertiary/aromatic N) is 2. The van der Waals surface area contributed by atoms with Crippen LogP contribution in [0.4, 0.5) is 0 Å². The molecule has 0 bridgehead atoms. The number of carbonyl (C=O) groups is 1. The number of hydrogen-bond donors (Lipinski definition) is 0. The summed E-state index contributed by atoms with van der Waals surface area (Å²) in [6.07, 6.45) is 3.91. The van der Waals surface area contributed by atoms with Crippen molar-refractivity contribution in [2.75, 3.05) is 32.7 Å². The van der Waals surface area contributed by atoms with Gasteiger partial charge in [-0.25, -0.2) is 0 Å². The first-order chi connectivity index (χ1) is 9.33. The lowest BCUT2D eigenvalue weighted by molar-refractivity contribution is 0.0761. The van der Waals surface area contributed by atoms with Crippen LogP contribution in [0.3, 0.4) is 0 Å². The van der Waals surface area contributed by atoms with Crippen molar-refractivity contribution in [1.29, 1.82) is 0 Å². The summed E-state index contributed by atoms with van der Waals surface area (Å²) in [5.74, 6) is 1.13. The molecule has 1 aliphatic carbocycles. The minimum atomic E-state index is 0.189. The van der Waals surface area contributed by atoms with Gasteiger partial charge in [0, 0.05) is 31.7 Å². The lowest BCUT2D eigenvalue weighted by Crippen LogP contribution is -2.35. The predicted molar refractivity (Wildman–Crippen MR) is 76.1 cm³/mol. The second kappa shape index (κ2) is 5.74. The third-order valence-corrected chi connectivity index (χ3v) is 4.11. The molecule has 1 aromatic rings. The summed E-state index contributed by atoms with van der Waals surface area (Å²) in [6.45, 7) is 5.20. The van der Waals surface area contributed by atoms with Crippen LogP contribution in [-0.2, 0) is 0 Å². The van der Waals surface area contributed by atoms with Gasteiger partial charge in [0.15, 0.2) is 0 Å². The monoisotopic (exact) mass is 258 g/mol. The Morgan fingerprint density at radius 1 is 1.05 bits per heavy atom. The number of carbonyl (C=O) groups excluding carboxylic acids is 1. The van der Waals surface area contributed by atoms with E-state index in [4.69, 9.17) is 0 Å². The van der Waals surface area contributed by atoms with Crippen molar-refractivity contribution in [1.82, 2.24) is 9.80 Å². The molecule has 19 heavy (non-hydrogen) atoms. The molecule has 0 aromatic heterocycles. The molecule has 2 aliphatic rings. The molecule has 3 rings (SSSR count). The molecule has 1 saturated heterocycles. The van der Waals surface area contributed by atoms with Crippen molar-refractivity contribution in [2.24, 2.45) is 5.92 Å². The van der Waals surface area contributed by atoms with Crippen molar-refractivity contribution in [3.05, 3.63) is 35.9 Å². The van der Waals surface area contributed by atoms with E-state index in [1.54, 1.807) is 0 Å². The van der Waals surface area contributed by atoms with Crippen molar-refractivity contribution in [2.45, 2.75) is 19.3 Å². The average Bonchev–Trinajstić information content (AvgIpc) is 3.27. The smallest absolute Gasteiger partial charge is 0.253 e. The molecular formula is C16H22N2O. The fourth-order valence-corrected chi connectivity index (χ4v) is 2.79. The quantitative estimate of drug-likeness (QED) is 0.830. The first-order valence-electron chi connectivity index (χ1n) is 7.39. The summed E-state index contributed by atoms with van der Waals surface area (Å²) in [4.78, 5) is 17.0. The highest BCUT2D eigenvalue weighted by Crippen LogP contribution is 2.29. The molecule has 1 saturated carbocycles. The van der Waals surface area contributed by atoms with Crippen LogP contribution < -0.4 is 0 Å². The molecule has 2 fully saturated rings. The number of rotatable bonds is 3. The van der Waals surface area contributed by atoms with Crippen LogP contribution in [0.15, 0.2) is 30.3 Å². The molecule has 3 heteroatoms. The van der Waals surface area contributed by atoms with E-state index in [2.05, 4.69) is 4.90 Å². The summed E-state index contributed by atoms with van der Waals surface area (Å²) in [7, 11) is 0. The van der Waals surface area contributed by atoms with E-state index in [1.807, 2.05) is 35.2 Å². The maximum atomic E-state index is 12.4. The van der Waals surface area contributed by atoms with E-state index in [1.165, 1.54) is 19.4 Å². The second-order valence-corrected chi connectivity index (χ2v) is 5.76. The first-order valence-corrected chi connectivity index (χ1v) is 7.39. The fraction of sp³-hybridized carbons (Fsp3) is 0.562. The molecule has 0 atom stereocenters. The zero-order chi connectivity index (χ0) is 13.1. The van der Waals surface area contributed by atoms with E-state index < -0.39 is 0 Å². The van der Waals surface area contributed by atoms with Crippen LogP contribution in [0.5, 0.6) is 0 Å². The van der Waals surface area contributed by atoms with Gasteiger partial charge in [0.25, 0.3) is 5.91 Å². The molecule has 3 nitrogen and oxygen atoms in total. The van der Waals surface area contributed by atoms with Crippen molar-refractivity contribution < 1.29 is 4.79 Å². The highest BCUT2D eigenvalue weighted by atomic mass is 16.2. The highest BCUT2D eigenvalue weighted by molar-refractivity contribution is 5.94. The zero-order valence-electron chi connectivity index (χ0n) is 11.4. The van der Waals surface area contributed by atoms with Gasteiger partial charge in [-0.3, -0.25) is 4.79 Å². The molecule has 0 spiro atoms. The van der Waals surface area contributed by atoms with Crippen molar-refractivity contribution in [3.63, 3.8) is 0 Å². The zero-order valence-corrected chi connectivity index (χ0v) is 11.4. The van der Waals surface area contributed by atoms with Gasteiger partial charge in [-0.1, -0.05) is 18.2 Å². The van der Waals surface area contributed by atoms with Gasteiger partial charge in [0.1, 0.15) is 0 Å². The van der Waals surface area contributed by atoms with E-state index in [9.17, 15) is 4.79 Å². The van der Waals surface area contributed by atoms with Crippen molar-refractivity contribution >= 4 is 5.91 Å². The fourth-order valence-electron chi connectivity index (χ4n) is 2.79. The average molecular weight is 258 g/mol. The molecule has 0 N–H and O–H groups in total. The molecule has 1 heterocycles. The maximum Gasteiger partial charge on any atom is 0.253 e. The summed E-state index contributed by atoms with van der Waals surface area (Å²) >= 11 is 0. The van der Waals surface area contributed by atoms with E-state index >= 15 is 0 Å². The molecule has 1 aliphatic heterocycles. The van der Waals surface area contributed by atoms with Gasteiger partial charge in [-0.05, 0) is 43.9 Å². The number of benzene rings is 1. The number of hydrogen-bond acceptors (Lipinski definition) is 2. The first kappa shape index (κ1) is 12.7. The lowest BCUT2D eigenvalue weighted by Gasteiger charge is -2.22. The maximum absolute atomic E-state index is 12.4. The Morgan fingerprint density at radius 3 is 2.58 bits per heavy atom. The van der Waals surface area contributed by atoms with Gasteiger partial charge < -0.3 is 9.80 Å². The summed E-state index contributed by atoms with van der Waals surface area (Å²) in [5, 5.41) is 0. The molecule has 102 valence electrons. The molecular weight excluding hydrogens is 236 g/mol. The Bertz CT molecular complexity index is 428. The van der Waals surface area contributed by atoms with Crippen LogP contribution in [0.1, 0.15) is 29.6 Å². The van der Waals surface area contributed by atoms with Gasteiger partial charge in [-0.15, -0.1) is 0 Å². The van der Waals surface area contributed by atoms with Crippen molar-refractivity contribution in [3.8, 4) is 0 Å². The molecule has 1 aromatic carbocycles. The Balaban J connectivity index is 1.58. The summed E-state index contributed by atoms with van der Waals surface area (Å²) < 4.78 is 0. The Kier molecular flexibility index (Phi) is 3.83. The third kappa shape index (κ3) is 3.35. The highest BCUT2D eigenvalue weighted by Gasteiger charge is 2.26. The minimum absolute atomic E-state index is 0.189. The van der Waals surface area contributed by atoms with Crippen LogP contribution in [0.2, 0.25) is 0 Å². The van der Waals surface area contributed by atoms with E-state index in [-0.39, 0.29) is 5.91 Å². The Hall–Kier alpha value is -1.35. The summed E-state index contributed by atoms with van der Waals surface area (Å²) in [6, 6.07) is 9.65. The van der Waals surface area contributed by atoms with Gasteiger partial charge in [0.05, 0.1) is 0 Å². The topological polar surface area (TPSA) is 23.6 Å². The van der Waals surface area contributed by atoms with Crippen LogP contribution in [0.25, 0.3) is 0 Å². The van der Waals surface area contributed by atoms with Gasteiger partial charge in [-0.2, -0.15) is 0 Å². The van der Waals surface area contributed by atoms with Gasteiger partial charge in [0.2, 0.25) is 0 Å². The van der Waals surface area contributed by atoms with Gasteiger partial charge >= 0.3 is 0 Å². The SMILES string of the molecule is O=C(c1ccccc1)N1CCCN(CC2CC2)CC1. The van der Waals surface area contributed by atoms with E-state index in [0.29, 0.717) is 0 Å². The van der Waals surface area contributed by atoms with E-state index in [0.717, 1.165) is 44.1 Å². The Morgan fingerprint density at radius 2 is 1.84 bits per heavy atom. The predicted octanol–water partition coefficient (Wildman–Crippen LogP) is 2.24. The summed E-state index contributed by atoms with van der Waals surface area (Å²) in [5.41, 5.74) is 0.818. The molecule has 0 radical (unpaired) electrons. The molecule has 1 amide bonds. The molecule has 0 unspecified atom stereocenters.